The summed E-state index contributed by atoms with van der Waals surface area (Å²) in [5.74, 6) is 3.37. The quantitative estimate of drug-likeness (QED) is 0.768. The van der Waals surface area contributed by atoms with Gasteiger partial charge in [-0.05, 0) is 86.5 Å². The third-order valence-electron chi connectivity index (χ3n) is 6.42. The normalized spacial score (nSPS) is 56.6. The van der Waals surface area contributed by atoms with Crippen LogP contribution in [-0.2, 0) is 0 Å². The van der Waals surface area contributed by atoms with Gasteiger partial charge in [0.15, 0.2) is 0 Å². The minimum Gasteiger partial charge on any atom is -0.316 e. The van der Waals surface area contributed by atoms with Crippen molar-refractivity contribution in [2.24, 2.45) is 28.6 Å². The van der Waals surface area contributed by atoms with Crippen molar-refractivity contribution >= 4 is 0 Å². The van der Waals surface area contributed by atoms with Crippen LogP contribution in [-0.4, -0.2) is 13.1 Å². The Morgan fingerprint density at radius 1 is 1.00 bits per heavy atom. The molecule has 0 aromatic heterocycles. The molecule has 0 aromatic rings. The summed E-state index contributed by atoms with van der Waals surface area (Å²) in [5, 5.41) is 3.60. The van der Waals surface area contributed by atoms with Gasteiger partial charge in [0.2, 0.25) is 0 Å². The van der Waals surface area contributed by atoms with Crippen LogP contribution in [0.4, 0.5) is 0 Å². The minimum atomic E-state index is 0.631. The van der Waals surface area contributed by atoms with Crippen LogP contribution in [0.25, 0.3) is 0 Å². The first-order valence-electron chi connectivity index (χ1n) is 7.86. The fourth-order valence-corrected chi connectivity index (χ4v) is 6.43. The Balaban J connectivity index is 1.56. The van der Waals surface area contributed by atoms with E-state index >= 15 is 0 Å². The predicted octanol–water partition coefficient (Wildman–Crippen LogP) is 3.59. The van der Waals surface area contributed by atoms with Gasteiger partial charge in [0, 0.05) is 6.54 Å². The maximum Gasteiger partial charge on any atom is 0.000585 e. The highest BCUT2D eigenvalue weighted by Crippen LogP contribution is 2.63. The van der Waals surface area contributed by atoms with Crippen LogP contribution in [0.3, 0.4) is 0 Å². The zero-order chi connectivity index (χ0) is 11.5. The molecule has 0 spiro atoms. The first-order valence-corrected chi connectivity index (χ1v) is 7.86. The molecule has 0 radical (unpaired) electrons. The highest BCUT2D eigenvalue weighted by Gasteiger charge is 2.52. The molecule has 1 saturated heterocycles. The molecule has 5 fully saturated rings. The van der Waals surface area contributed by atoms with Gasteiger partial charge in [0.05, 0.1) is 0 Å². The summed E-state index contributed by atoms with van der Waals surface area (Å²) in [6.07, 6.45) is 12.5. The lowest BCUT2D eigenvalue weighted by Crippen LogP contribution is -2.48. The maximum absolute atomic E-state index is 3.60. The Labute approximate surface area is 106 Å². The highest BCUT2D eigenvalue weighted by atomic mass is 14.9. The molecule has 1 nitrogen and oxygen atoms in total. The van der Waals surface area contributed by atoms with E-state index in [4.69, 9.17) is 0 Å². The Kier molecular flexibility index (Phi) is 2.23. The van der Waals surface area contributed by atoms with Crippen molar-refractivity contribution in [2.45, 2.75) is 58.3 Å². The second kappa shape index (κ2) is 3.50. The van der Waals surface area contributed by atoms with E-state index in [1.807, 2.05) is 0 Å². The molecular weight excluding hydrogens is 206 g/mol. The third kappa shape index (κ3) is 1.77. The summed E-state index contributed by atoms with van der Waals surface area (Å²) in [7, 11) is 0. The second-order valence-electron chi connectivity index (χ2n) is 8.33. The standard InChI is InChI=1S/C16H27N/c1-15(2-3-17-11-15)10-16-7-12-4-13(8-16)6-14(5-12)9-16/h12-14,17H,2-11H2,1H3. The summed E-state index contributed by atoms with van der Waals surface area (Å²) in [6, 6.07) is 0. The van der Waals surface area contributed by atoms with Crippen LogP contribution in [0, 0.1) is 28.6 Å². The van der Waals surface area contributed by atoms with Crippen molar-refractivity contribution in [1.29, 1.82) is 0 Å². The average Bonchev–Trinajstić information content (AvgIpc) is 2.61. The molecule has 1 aliphatic heterocycles. The lowest BCUT2D eigenvalue weighted by molar-refractivity contribution is -0.0741. The lowest BCUT2D eigenvalue weighted by Gasteiger charge is -2.58. The Morgan fingerprint density at radius 3 is 2.06 bits per heavy atom. The van der Waals surface area contributed by atoms with Crippen molar-refractivity contribution in [3.63, 3.8) is 0 Å². The van der Waals surface area contributed by atoms with E-state index in [2.05, 4.69) is 12.2 Å². The first kappa shape index (κ1) is 10.8. The van der Waals surface area contributed by atoms with Crippen LogP contribution in [0.5, 0.6) is 0 Å². The average molecular weight is 233 g/mol. The van der Waals surface area contributed by atoms with Crippen molar-refractivity contribution in [3.05, 3.63) is 0 Å². The number of rotatable bonds is 2. The predicted molar refractivity (Wildman–Crippen MR) is 70.8 cm³/mol. The summed E-state index contributed by atoms with van der Waals surface area (Å²) >= 11 is 0. The molecule has 4 bridgehead atoms. The number of hydrogen-bond donors (Lipinski definition) is 1. The topological polar surface area (TPSA) is 12.0 Å². The van der Waals surface area contributed by atoms with E-state index < -0.39 is 0 Å². The second-order valence-corrected chi connectivity index (χ2v) is 8.33. The fourth-order valence-electron chi connectivity index (χ4n) is 6.43. The molecule has 5 rings (SSSR count). The zero-order valence-corrected chi connectivity index (χ0v) is 11.3. The van der Waals surface area contributed by atoms with Gasteiger partial charge >= 0.3 is 0 Å². The summed E-state index contributed by atoms with van der Waals surface area (Å²) in [4.78, 5) is 0. The van der Waals surface area contributed by atoms with E-state index in [-0.39, 0.29) is 0 Å². The van der Waals surface area contributed by atoms with E-state index in [0.717, 1.165) is 23.2 Å². The largest absolute Gasteiger partial charge is 0.316 e. The minimum absolute atomic E-state index is 0.631. The zero-order valence-electron chi connectivity index (χ0n) is 11.3. The molecule has 0 aromatic carbocycles. The van der Waals surface area contributed by atoms with Gasteiger partial charge in [-0.2, -0.15) is 0 Å². The summed E-state index contributed by atoms with van der Waals surface area (Å²) in [6.45, 7) is 5.10. The lowest BCUT2D eigenvalue weighted by atomic mass is 9.47. The molecule has 4 saturated carbocycles. The van der Waals surface area contributed by atoms with Crippen molar-refractivity contribution < 1.29 is 0 Å². The molecule has 17 heavy (non-hydrogen) atoms. The fraction of sp³-hybridized carbons (Fsp3) is 1.00. The molecule has 1 atom stereocenters. The van der Waals surface area contributed by atoms with Crippen molar-refractivity contribution in [3.8, 4) is 0 Å². The first-order chi connectivity index (χ1) is 8.15. The van der Waals surface area contributed by atoms with Crippen LogP contribution >= 0.6 is 0 Å². The van der Waals surface area contributed by atoms with Crippen LogP contribution in [0.2, 0.25) is 0 Å². The Hall–Kier alpha value is -0.0400. The molecule has 5 aliphatic rings. The van der Waals surface area contributed by atoms with Gasteiger partial charge in [-0.1, -0.05) is 6.92 Å². The summed E-state index contributed by atoms with van der Waals surface area (Å²) < 4.78 is 0. The maximum atomic E-state index is 3.60. The van der Waals surface area contributed by atoms with Crippen LogP contribution < -0.4 is 5.32 Å². The van der Waals surface area contributed by atoms with E-state index in [1.165, 1.54) is 25.9 Å². The SMILES string of the molecule is CC1(CC23CC4CC(CC(C4)C2)C3)CCNC1. The van der Waals surface area contributed by atoms with Gasteiger partial charge in [-0.25, -0.2) is 0 Å². The highest BCUT2D eigenvalue weighted by molar-refractivity contribution is 5.04. The molecule has 96 valence electrons. The number of hydrogen-bond acceptors (Lipinski definition) is 1. The smallest absolute Gasteiger partial charge is 0.000585 e. The third-order valence-corrected chi connectivity index (χ3v) is 6.42. The molecule has 1 unspecified atom stereocenters. The molecule has 1 N–H and O–H groups in total. The molecule has 1 heterocycles. The van der Waals surface area contributed by atoms with Gasteiger partial charge in [0.1, 0.15) is 0 Å². The van der Waals surface area contributed by atoms with Crippen LogP contribution in [0.1, 0.15) is 58.3 Å². The molecular formula is C16H27N. The van der Waals surface area contributed by atoms with Gasteiger partial charge in [0.25, 0.3) is 0 Å². The Bertz CT molecular complexity index is 278. The number of nitrogens with one attached hydrogen (secondary N) is 1. The van der Waals surface area contributed by atoms with E-state index in [9.17, 15) is 0 Å². The van der Waals surface area contributed by atoms with E-state index in [0.29, 0.717) is 5.41 Å². The molecule has 0 amide bonds. The van der Waals surface area contributed by atoms with Crippen molar-refractivity contribution in [1.82, 2.24) is 5.32 Å². The van der Waals surface area contributed by atoms with Crippen LogP contribution in [0.15, 0.2) is 0 Å². The monoisotopic (exact) mass is 233 g/mol. The van der Waals surface area contributed by atoms with E-state index in [1.54, 1.807) is 38.5 Å². The van der Waals surface area contributed by atoms with Gasteiger partial charge in [-0.15, -0.1) is 0 Å². The Morgan fingerprint density at radius 2 is 1.59 bits per heavy atom. The van der Waals surface area contributed by atoms with Gasteiger partial charge < -0.3 is 5.32 Å². The molecule has 4 aliphatic carbocycles. The van der Waals surface area contributed by atoms with Gasteiger partial charge in [-0.3, -0.25) is 0 Å². The van der Waals surface area contributed by atoms with Crippen molar-refractivity contribution in [2.75, 3.05) is 13.1 Å². The summed E-state index contributed by atoms with van der Waals surface area (Å²) in [5.41, 5.74) is 1.42. The molecule has 1 heteroatoms.